The number of aryl methyl sites for hydroxylation is 2. The fourth-order valence-corrected chi connectivity index (χ4v) is 4.06. The number of hydrogen-bond acceptors (Lipinski definition) is 4. The molecule has 0 spiro atoms. The zero-order chi connectivity index (χ0) is 13.8. The number of hydrogen-bond donors (Lipinski definition) is 1. The van der Waals surface area contributed by atoms with Crippen LogP contribution in [0.15, 0.2) is 6.20 Å². The van der Waals surface area contributed by atoms with E-state index in [4.69, 9.17) is 5.73 Å². The van der Waals surface area contributed by atoms with Gasteiger partial charge in [0.15, 0.2) is 0 Å². The van der Waals surface area contributed by atoms with Gasteiger partial charge in [0.1, 0.15) is 0 Å². The van der Waals surface area contributed by atoms with Crippen molar-refractivity contribution in [3.05, 3.63) is 17.5 Å². The molecule has 1 saturated heterocycles. The van der Waals surface area contributed by atoms with Gasteiger partial charge in [-0.3, -0.25) is 9.58 Å². The van der Waals surface area contributed by atoms with Crippen LogP contribution in [0.4, 0.5) is 0 Å². The molecule has 2 N–H and O–H groups in total. The smallest absolute Gasteiger partial charge is 0.0670 e. The van der Waals surface area contributed by atoms with Crippen LogP contribution in [0.5, 0.6) is 0 Å². The Morgan fingerprint density at radius 1 is 1.53 bits per heavy atom. The first-order chi connectivity index (χ1) is 9.19. The molecule has 1 aliphatic heterocycles. The second-order valence-electron chi connectivity index (χ2n) is 5.21. The summed E-state index contributed by atoms with van der Waals surface area (Å²) in [5.41, 5.74) is 8.60. The van der Waals surface area contributed by atoms with Crippen molar-refractivity contribution in [3.8, 4) is 0 Å². The third-order valence-corrected chi connectivity index (χ3v) is 5.29. The minimum absolute atomic E-state index is 0.332. The summed E-state index contributed by atoms with van der Waals surface area (Å²) in [5.74, 6) is 1.22. The Hall–Kier alpha value is -0.520. The van der Waals surface area contributed by atoms with Crippen LogP contribution < -0.4 is 5.73 Å². The first-order valence-electron chi connectivity index (χ1n) is 7.27. The molecule has 0 aromatic carbocycles. The fraction of sp³-hybridized carbons (Fsp3) is 0.786. The molecule has 108 valence electrons. The molecule has 2 atom stereocenters. The molecule has 0 saturated carbocycles. The monoisotopic (exact) mass is 282 g/mol. The Morgan fingerprint density at radius 3 is 2.95 bits per heavy atom. The summed E-state index contributed by atoms with van der Waals surface area (Å²) in [4.78, 5) is 2.56. The van der Waals surface area contributed by atoms with Gasteiger partial charge in [0, 0.05) is 49.4 Å². The van der Waals surface area contributed by atoms with E-state index in [9.17, 15) is 0 Å². The highest BCUT2D eigenvalue weighted by atomic mass is 32.2. The van der Waals surface area contributed by atoms with E-state index in [0.29, 0.717) is 12.6 Å². The summed E-state index contributed by atoms with van der Waals surface area (Å²) in [6.45, 7) is 7.42. The van der Waals surface area contributed by atoms with Crippen LogP contribution in [0, 0.1) is 0 Å². The molecule has 0 radical (unpaired) electrons. The predicted octanol–water partition coefficient (Wildman–Crippen LogP) is 1.81. The quantitative estimate of drug-likeness (QED) is 0.895. The van der Waals surface area contributed by atoms with Gasteiger partial charge >= 0.3 is 0 Å². The average Bonchev–Trinajstić information content (AvgIpc) is 2.81. The second-order valence-corrected chi connectivity index (χ2v) is 6.61. The van der Waals surface area contributed by atoms with Crippen molar-refractivity contribution in [2.45, 2.75) is 38.0 Å². The number of rotatable bonds is 5. The zero-order valence-corrected chi connectivity index (χ0v) is 13.1. The minimum atomic E-state index is 0.332. The molecule has 2 rings (SSSR count). The zero-order valence-electron chi connectivity index (χ0n) is 12.3. The van der Waals surface area contributed by atoms with E-state index in [1.54, 1.807) is 0 Å². The molecule has 2 unspecified atom stereocenters. The van der Waals surface area contributed by atoms with Gasteiger partial charge in [-0.15, -0.1) is 0 Å². The van der Waals surface area contributed by atoms with Crippen LogP contribution >= 0.6 is 11.8 Å². The Labute approximate surface area is 120 Å². The maximum Gasteiger partial charge on any atom is 0.0670 e. The van der Waals surface area contributed by atoms with E-state index in [0.717, 1.165) is 24.8 Å². The molecule has 1 fully saturated rings. The first kappa shape index (κ1) is 14.9. The van der Waals surface area contributed by atoms with E-state index in [1.807, 2.05) is 11.7 Å². The Bertz CT molecular complexity index is 404. The summed E-state index contributed by atoms with van der Waals surface area (Å²) >= 11 is 2.10. The normalized spacial score (nSPS) is 22.6. The van der Waals surface area contributed by atoms with Crippen molar-refractivity contribution in [2.24, 2.45) is 12.8 Å². The lowest BCUT2D eigenvalue weighted by Crippen LogP contribution is -2.42. The predicted molar refractivity (Wildman–Crippen MR) is 82.5 cm³/mol. The standard InChI is InChI=1S/C14H26N4S/c1-4-11-9-18(6-7-19-11)14(8-15)12-10-17(3)16-13(12)5-2/h10-11,14H,4-9,15H2,1-3H3. The van der Waals surface area contributed by atoms with Crippen molar-refractivity contribution in [2.75, 3.05) is 25.4 Å². The highest BCUT2D eigenvalue weighted by molar-refractivity contribution is 8.00. The van der Waals surface area contributed by atoms with Gasteiger partial charge in [0.05, 0.1) is 11.7 Å². The van der Waals surface area contributed by atoms with Gasteiger partial charge in [-0.25, -0.2) is 0 Å². The third kappa shape index (κ3) is 3.33. The molecule has 0 bridgehead atoms. The molecule has 1 aliphatic rings. The van der Waals surface area contributed by atoms with Crippen LogP contribution in [0.25, 0.3) is 0 Å². The molecule has 4 nitrogen and oxygen atoms in total. The highest BCUT2D eigenvalue weighted by Crippen LogP contribution is 2.29. The van der Waals surface area contributed by atoms with E-state index in [1.165, 1.54) is 23.4 Å². The molecular formula is C14H26N4S. The lowest BCUT2D eigenvalue weighted by atomic mass is 10.0. The van der Waals surface area contributed by atoms with Crippen molar-refractivity contribution in [1.29, 1.82) is 0 Å². The van der Waals surface area contributed by atoms with Crippen LogP contribution in [0.3, 0.4) is 0 Å². The summed E-state index contributed by atoms with van der Waals surface area (Å²) in [6.07, 6.45) is 4.37. The lowest BCUT2D eigenvalue weighted by molar-refractivity contribution is 0.207. The lowest BCUT2D eigenvalue weighted by Gasteiger charge is -2.37. The molecule has 5 heteroatoms. The highest BCUT2D eigenvalue weighted by Gasteiger charge is 2.28. The van der Waals surface area contributed by atoms with Crippen LogP contribution in [-0.2, 0) is 13.5 Å². The molecule has 1 aromatic rings. The minimum Gasteiger partial charge on any atom is -0.329 e. The van der Waals surface area contributed by atoms with E-state index in [-0.39, 0.29) is 0 Å². The first-order valence-corrected chi connectivity index (χ1v) is 8.32. The van der Waals surface area contributed by atoms with Crippen LogP contribution in [0.2, 0.25) is 0 Å². The largest absolute Gasteiger partial charge is 0.329 e. The van der Waals surface area contributed by atoms with E-state index >= 15 is 0 Å². The van der Waals surface area contributed by atoms with Crippen molar-refractivity contribution in [3.63, 3.8) is 0 Å². The van der Waals surface area contributed by atoms with E-state index < -0.39 is 0 Å². The Balaban J connectivity index is 2.18. The number of aromatic nitrogens is 2. The average molecular weight is 282 g/mol. The van der Waals surface area contributed by atoms with Crippen molar-refractivity contribution in [1.82, 2.24) is 14.7 Å². The van der Waals surface area contributed by atoms with E-state index in [2.05, 4.69) is 41.8 Å². The third-order valence-electron chi connectivity index (χ3n) is 3.92. The fourth-order valence-electron chi connectivity index (χ4n) is 2.85. The second kappa shape index (κ2) is 6.77. The number of nitrogens with zero attached hydrogens (tertiary/aromatic N) is 3. The van der Waals surface area contributed by atoms with Gasteiger partial charge in [-0.1, -0.05) is 13.8 Å². The Morgan fingerprint density at radius 2 is 2.32 bits per heavy atom. The SMILES string of the molecule is CCc1nn(C)cc1C(CN)N1CCSC(CC)C1. The summed E-state index contributed by atoms with van der Waals surface area (Å²) < 4.78 is 1.92. The molecule has 1 aromatic heterocycles. The molecule has 2 heterocycles. The summed E-state index contributed by atoms with van der Waals surface area (Å²) in [5, 5.41) is 5.32. The molecule has 0 amide bonds. The number of thioether (sulfide) groups is 1. The molecular weight excluding hydrogens is 256 g/mol. The summed E-state index contributed by atoms with van der Waals surface area (Å²) in [7, 11) is 2.00. The van der Waals surface area contributed by atoms with Crippen LogP contribution in [0.1, 0.15) is 37.6 Å². The topological polar surface area (TPSA) is 47.1 Å². The number of nitrogens with two attached hydrogens (primary N) is 1. The van der Waals surface area contributed by atoms with Crippen molar-refractivity contribution < 1.29 is 0 Å². The Kier molecular flexibility index (Phi) is 5.30. The van der Waals surface area contributed by atoms with Crippen LogP contribution in [-0.4, -0.2) is 45.3 Å². The summed E-state index contributed by atoms with van der Waals surface area (Å²) in [6, 6.07) is 0.332. The maximum atomic E-state index is 6.07. The molecule has 0 aliphatic carbocycles. The maximum absolute atomic E-state index is 6.07. The van der Waals surface area contributed by atoms with Gasteiger partial charge in [-0.05, 0) is 12.8 Å². The van der Waals surface area contributed by atoms with Gasteiger partial charge in [0.2, 0.25) is 0 Å². The van der Waals surface area contributed by atoms with Gasteiger partial charge in [-0.2, -0.15) is 16.9 Å². The van der Waals surface area contributed by atoms with Crippen molar-refractivity contribution >= 4 is 11.8 Å². The molecule has 19 heavy (non-hydrogen) atoms. The van der Waals surface area contributed by atoms with Gasteiger partial charge in [0.25, 0.3) is 0 Å². The van der Waals surface area contributed by atoms with Gasteiger partial charge < -0.3 is 5.73 Å².